The van der Waals surface area contributed by atoms with E-state index < -0.39 is 0 Å². The number of carbonyl (C=O) groups excluding carboxylic acids is 1. The van der Waals surface area contributed by atoms with Gasteiger partial charge in [0.25, 0.3) is 0 Å². The van der Waals surface area contributed by atoms with Crippen LogP contribution in [-0.4, -0.2) is 21.7 Å². The molecule has 5 nitrogen and oxygen atoms in total. The van der Waals surface area contributed by atoms with Crippen molar-refractivity contribution in [2.45, 2.75) is 13.2 Å². The Morgan fingerprint density at radius 1 is 1.20 bits per heavy atom. The second-order valence-electron chi connectivity index (χ2n) is 4.47. The van der Waals surface area contributed by atoms with Gasteiger partial charge >= 0.3 is 0 Å². The molecule has 1 aliphatic rings. The third-order valence-electron chi connectivity index (χ3n) is 3.21. The summed E-state index contributed by atoms with van der Waals surface area (Å²) in [6, 6.07) is 10.4. The fourth-order valence-corrected chi connectivity index (χ4v) is 2.17. The predicted molar refractivity (Wildman–Crippen MR) is 71.8 cm³/mol. The molecule has 0 fully saturated rings. The minimum absolute atomic E-state index is 0.0653. The molecule has 0 saturated heterocycles. The summed E-state index contributed by atoms with van der Waals surface area (Å²) in [5.74, 6) is -0.360. The van der Waals surface area contributed by atoms with Crippen molar-refractivity contribution in [1.29, 1.82) is 0 Å². The highest BCUT2D eigenvalue weighted by Crippen LogP contribution is 2.21. The van der Waals surface area contributed by atoms with Gasteiger partial charge < -0.3 is 9.94 Å². The average molecular weight is 268 g/mol. The molecule has 0 aliphatic carbocycles. The Hall–Kier alpha value is -2.53. The van der Waals surface area contributed by atoms with Crippen LogP contribution in [0.25, 0.3) is 0 Å². The van der Waals surface area contributed by atoms with Gasteiger partial charge in [-0.2, -0.15) is 0 Å². The second kappa shape index (κ2) is 5.22. The number of nitrogens with zero attached hydrogens (tertiary/aromatic N) is 2. The Morgan fingerprint density at radius 3 is 2.80 bits per heavy atom. The zero-order valence-electron chi connectivity index (χ0n) is 10.6. The first-order valence-corrected chi connectivity index (χ1v) is 6.17. The van der Waals surface area contributed by atoms with Crippen LogP contribution in [0.5, 0.6) is 0 Å². The summed E-state index contributed by atoms with van der Waals surface area (Å²) in [5, 5.41) is 12.2. The Labute approximate surface area is 115 Å². The third kappa shape index (κ3) is 2.19. The van der Waals surface area contributed by atoms with Gasteiger partial charge in [-0.05, 0) is 29.3 Å². The van der Waals surface area contributed by atoms with E-state index in [4.69, 9.17) is 9.94 Å². The molecule has 2 aromatic rings. The summed E-state index contributed by atoms with van der Waals surface area (Å²) in [4.78, 5) is 16.4. The van der Waals surface area contributed by atoms with Crippen molar-refractivity contribution in [2.24, 2.45) is 5.16 Å². The first kappa shape index (κ1) is 12.5. The van der Waals surface area contributed by atoms with E-state index in [1.165, 1.54) is 0 Å². The van der Waals surface area contributed by atoms with Crippen molar-refractivity contribution in [3.05, 3.63) is 65.0 Å². The van der Waals surface area contributed by atoms with Crippen LogP contribution in [0.15, 0.2) is 47.8 Å². The fraction of sp³-hybridized carbons (Fsp3) is 0.133. The van der Waals surface area contributed by atoms with E-state index in [0.29, 0.717) is 24.5 Å². The number of carbonyl (C=O) groups is 1. The number of hydrogen-bond donors (Lipinski definition) is 1. The molecule has 100 valence electrons. The molecule has 0 spiro atoms. The van der Waals surface area contributed by atoms with Crippen LogP contribution in [0.4, 0.5) is 0 Å². The maximum Gasteiger partial charge on any atom is 0.216 e. The number of aromatic nitrogens is 1. The maximum atomic E-state index is 12.4. The van der Waals surface area contributed by atoms with Crippen LogP contribution in [0.3, 0.4) is 0 Å². The van der Waals surface area contributed by atoms with Gasteiger partial charge in [-0.15, -0.1) is 0 Å². The molecule has 1 aliphatic heterocycles. The summed E-state index contributed by atoms with van der Waals surface area (Å²) in [6.45, 7) is 1.08. The van der Waals surface area contributed by atoms with Crippen LogP contribution < -0.4 is 0 Å². The van der Waals surface area contributed by atoms with Crippen molar-refractivity contribution < 1.29 is 14.7 Å². The van der Waals surface area contributed by atoms with Crippen molar-refractivity contribution in [3.63, 3.8) is 0 Å². The van der Waals surface area contributed by atoms with E-state index >= 15 is 0 Å². The highest BCUT2D eigenvalue weighted by molar-refractivity contribution is 6.50. The second-order valence-corrected chi connectivity index (χ2v) is 4.47. The SMILES string of the molecule is O=C(/C(=N/O)c1ccccn1)c1ccc2c(c1)COC2. The van der Waals surface area contributed by atoms with Crippen LogP contribution >= 0.6 is 0 Å². The topological polar surface area (TPSA) is 71.8 Å². The zero-order valence-corrected chi connectivity index (χ0v) is 10.6. The molecule has 0 saturated carbocycles. The van der Waals surface area contributed by atoms with E-state index in [1.54, 1.807) is 36.5 Å². The largest absolute Gasteiger partial charge is 0.410 e. The highest BCUT2D eigenvalue weighted by Gasteiger charge is 2.20. The van der Waals surface area contributed by atoms with Crippen molar-refractivity contribution >= 4 is 11.5 Å². The molecule has 1 aromatic carbocycles. The zero-order chi connectivity index (χ0) is 13.9. The third-order valence-corrected chi connectivity index (χ3v) is 3.21. The normalized spacial score (nSPS) is 14.1. The van der Waals surface area contributed by atoms with Gasteiger partial charge in [-0.25, -0.2) is 0 Å². The van der Waals surface area contributed by atoms with E-state index in [0.717, 1.165) is 11.1 Å². The summed E-state index contributed by atoms with van der Waals surface area (Å²) in [6.07, 6.45) is 1.55. The quantitative estimate of drug-likeness (QED) is 0.401. The average Bonchev–Trinajstić information content (AvgIpc) is 2.96. The molecular formula is C15H12N2O3. The fourth-order valence-electron chi connectivity index (χ4n) is 2.17. The molecule has 1 N–H and O–H groups in total. The number of hydrogen-bond acceptors (Lipinski definition) is 5. The summed E-state index contributed by atoms with van der Waals surface area (Å²) >= 11 is 0. The van der Waals surface area contributed by atoms with Crippen molar-refractivity contribution in [3.8, 4) is 0 Å². The molecule has 20 heavy (non-hydrogen) atoms. The van der Waals surface area contributed by atoms with Crippen LogP contribution in [0.1, 0.15) is 27.2 Å². The van der Waals surface area contributed by atoms with E-state index in [1.807, 2.05) is 6.07 Å². The maximum absolute atomic E-state index is 12.4. The number of ether oxygens (including phenoxy) is 1. The lowest BCUT2D eigenvalue weighted by molar-refractivity contribution is 0.106. The lowest BCUT2D eigenvalue weighted by Gasteiger charge is -2.05. The molecule has 0 amide bonds. The summed E-state index contributed by atoms with van der Waals surface area (Å²) in [7, 11) is 0. The van der Waals surface area contributed by atoms with Gasteiger partial charge in [0, 0.05) is 11.8 Å². The van der Waals surface area contributed by atoms with Crippen LogP contribution in [0, 0.1) is 0 Å². The Morgan fingerprint density at radius 2 is 2.05 bits per heavy atom. The van der Waals surface area contributed by atoms with Gasteiger partial charge in [-0.1, -0.05) is 23.4 Å². The number of rotatable bonds is 3. The molecule has 2 heterocycles. The molecule has 1 aromatic heterocycles. The minimum Gasteiger partial charge on any atom is -0.410 e. The van der Waals surface area contributed by atoms with Crippen LogP contribution in [0.2, 0.25) is 0 Å². The van der Waals surface area contributed by atoms with E-state index in [-0.39, 0.29) is 11.5 Å². The molecule has 0 radical (unpaired) electrons. The van der Waals surface area contributed by atoms with Gasteiger partial charge in [-0.3, -0.25) is 9.78 Å². The van der Waals surface area contributed by atoms with Crippen molar-refractivity contribution in [1.82, 2.24) is 4.98 Å². The molecule has 0 unspecified atom stereocenters. The number of oxime groups is 1. The summed E-state index contributed by atoms with van der Waals surface area (Å²) < 4.78 is 5.32. The van der Waals surface area contributed by atoms with E-state index in [2.05, 4.69) is 10.1 Å². The van der Waals surface area contributed by atoms with Gasteiger partial charge in [0.15, 0.2) is 5.71 Å². The van der Waals surface area contributed by atoms with Gasteiger partial charge in [0.2, 0.25) is 5.78 Å². The van der Waals surface area contributed by atoms with Gasteiger partial charge in [0.1, 0.15) is 0 Å². The number of benzene rings is 1. The molecule has 5 heteroatoms. The molecule has 3 rings (SSSR count). The minimum atomic E-state index is -0.360. The predicted octanol–water partition coefficient (Wildman–Crippen LogP) is 2.17. The first-order valence-electron chi connectivity index (χ1n) is 6.17. The standard InChI is InChI=1S/C15H12N2O3/c18-15(14(17-19)13-3-1-2-6-16-13)10-4-5-11-8-20-9-12(11)7-10/h1-7,19H,8-9H2/b17-14+. The van der Waals surface area contributed by atoms with E-state index in [9.17, 15) is 4.79 Å². The lowest BCUT2D eigenvalue weighted by Crippen LogP contribution is -2.17. The smallest absolute Gasteiger partial charge is 0.216 e. The lowest BCUT2D eigenvalue weighted by atomic mass is 10.00. The van der Waals surface area contributed by atoms with Crippen LogP contribution in [-0.2, 0) is 18.0 Å². The van der Waals surface area contributed by atoms with Gasteiger partial charge in [0.05, 0.1) is 18.9 Å². The summed E-state index contributed by atoms with van der Waals surface area (Å²) in [5.41, 5.74) is 2.82. The Bertz CT molecular complexity index is 681. The number of pyridine rings is 1. The Balaban J connectivity index is 1.96. The highest BCUT2D eigenvalue weighted by atomic mass is 16.5. The number of ketones is 1. The first-order chi connectivity index (χ1) is 9.79. The van der Waals surface area contributed by atoms with Crippen molar-refractivity contribution in [2.75, 3.05) is 0 Å². The molecule has 0 bridgehead atoms. The molecular weight excluding hydrogens is 256 g/mol. The monoisotopic (exact) mass is 268 g/mol. The number of Topliss-reactive ketones (excluding diaryl/α,β-unsaturated/α-hetero) is 1. The molecule has 0 atom stereocenters. The Kier molecular flexibility index (Phi) is 3.26. The number of fused-ring (bicyclic) bond motifs is 1.